The standard InChI is InChI=1S/C14H25N3O2/c1-4-11(2)17-7-5-13(16-17)9-15-10-14(18)6-8-19-12(14)3/h5,7,11-12,15,18H,4,6,8-10H2,1-3H3. The average Bonchev–Trinajstić information content (AvgIpc) is 2.98. The topological polar surface area (TPSA) is 59.3 Å². The highest BCUT2D eigenvalue weighted by Gasteiger charge is 2.38. The molecule has 5 nitrogen and oxygen atoms in total. The second-order valence-corrected chi connectivity index (χ2v) is 5.51. The smallest absolute Gasteiger partial charge is 0.105 e. The molecule has 1 aliphatic rings. The first-order valence-electron chi connectivity index (χ1n) is 7.14. The lowest BCUT2D eigenvalue weighted by Gasteiger charge is -2.26. The van der Waals surface area contributed by atoms with E-state index in [0.717, 1.165) is 12.1 Å². The summed E-state index contributed by atoms with van der Waals surface area (Å²) in [6.45, 7) is 8.10. The Morgan fingerprint density at radius 1 is 1.68 bits per heavy atom. The van der Waals surface area contributed by atoms with Crippen LogP contribution in [0.4, 0.5) is 0 Å². The molecule has 3 atom stereocenters. The van der Waals surface area contributed by atoms with E-state index >= 15 is 0 Å². The van der Waals surface area contributed by atoms with Gasteiger partial charge in [0.15, 0.2) is 0 Å². The highest BCUT2D eigenvalue weighted by atomic mass is 16.5. The maximum Gasteiger partial charge on any atom is 0.105 e. The molecule has 108 valence electrons. The number of hydrogen-bond acceptors (Lipinski definition) is 4. The first-order valence-corrected chi connectivity index (χ1v) is 7.14. The minimum Gasteiger partial charge on any atom is -0.386 e. The third-order valence-corrected chi connectivity index (χ3v) is 4.10. The van der Waals surface area contributed by atoms with Gasteiger partial charge < -0.3 is 15.2 Å². The Kier molecular flexibility index (Phi) is 4.60. The molecule has 1 saturated heterocycles. The Bertz CT molecular complexity index is 407. The van der Waals surface area contributed by atoms with Gasteiger partial charge in [-0.15, -0.1) is 0 Å². The average molecular weight is 267 g/mol. The Balaban J connectivity index is 1.81. The summed E-state index contributed by atoms with van der Waals surface area (Å²) in [4.78, 5) is 0. The van der Waals surface area contributed by atoms with E-state index in [1.54, 1.807) is 0 Å². The molecule has 5 heteroatoms. The van der Waals surface area contributed by atoms with Crippen LogP contribution in [0.15, 0.2) is 12.3 Å². The van der Waals surface area contributed by atoms with E-state index < -0.39 is 5.60 Å². The molecule has 0 aromatic carbocycles. The van der Waals surface area contributed by atoms with Gasteiger partial charge in [-0.2, -0.15) is 5.10 Å². The van der Waals surface area contributed by atoms with Crippen molar-refractivity contribution in [3.63, 3.8) is 0 Å². The Morgan fingerprint density at radius 3 is 3.11 bits per heavy atom. The van der Waals surface area contributed by atoms with Gasteiger partial charge in [-0.1, -0.05) is 6.92 Å². The number of aromatic nitrogens is 2. The predicted molar refractivity (Wildman–Crippen MR) is 73.9 cm³/mol. The van der Waals surface area contributed by atoms with Crippen LogP contribution in [-0.4, -0.2) is 39.7 Å². The zero-order chi connectivity index (χ0) is 13.9. The fraction of sp³-hybridized carbons (Fsp3) is 0.786. The number of rotatable bonds is 6. The Morgan fingerprint density at radius 2 is 2.47 bits per heavy atom. The van der Waals surface area contributed by atoms with E-state index in [4.69, 9.17) is 4.74 Å². The molecule has 2 N–H and O–H groups in total. The number of aliphatic hydroxyl groups is 1. The van der Waals surface area contributed by atoms with Gasteiger partial charge >= 0.3 is 0 Å². The lowest BCUT2D eigenvalue weighted by Crippen LogP contribution is -2.45. The van der Waals surface area contributed by atoms with E-state index in [1.165, 1.54) is 0 Å². The third kappa shape index (κ3) is 3.35. The quantitative estimate of drug-likeness (QED) is 0.819. The first-order chi connectivity index (χ1) is 9.05. The lowest BCUT2D eigenvalue weighted by atomic mass is 9.97. The van der Waals surface area contributed by atoms with Gasteiger partial charge in [-0.05, 0) is 26.3 Å². The Hall–Kier alpha value is -0.910. The van der Waals surface area contributed by atoms with Crippen LogP contribution >= 0.6 is 0 Å². The normalized spacial score (nSPS) is 28.7. The van der Waals surface area contributed by atoms with Crippen molar-refractivity contribution in [3.05, 3.63) is 18.0 Å². The van der Waals surface area contributed by atoms with Crippen LogP contribution in [0.3, 0.4) is 0 Å². The molecule has 1 fully saturated rings. The van der Waals surface area contributed by atoms with Crippen molar-refractivity contribution in [1.82, 2.24) is 15.1 Å². The number of ether oxygens (including phenoxy) is 1. The van der Waals surface area contributed by atoms with Crippen LogP contribution in [0.25, 0.3) is 0 Å². The molecule has 0 bridgehead atoms. The van der Waals surface area contributed by atoms with Crippen molar-refractivity contribution in [3.8, 4) is 0 Å². The van der Waals surface area contributed by atoms with Crippen LogP contribution in [0.5, 0.6) is 0 Å². The summed E-state index contributed by atoms with van der Waals surface area (Å²) < 4.78 is 7.40. The third-order valence-electron chi connectivity index (χ3n) is 4.10. The molecule has 2 rings (SSSR count). The van der Waals surface area contributed by atoms with Gasteiger partial charge in [-0.25, -0.2) is 0 Å². The minimum absolute atomic E-state index is 0.0994. The van der Waals surface area contributed by atoms with Gasteiger partial charge in [0.05, 0.1) is 11.8 Å². The van der Waals surface area contributed by atoms with Crippen molar-refractivity contribution in [1.29, 1.82) is 0 Å². The summed E-state index contributed by atoms with van der Waals surface area (Å²) in [6.07, 6.45) is 3.69. The molecule has 0 amide bonds. The predicted octanol–water partition coefficient (Wildman–Crippen LogP) is 1.48. The van der Waals surface area contributed by atoms with Crippen LogP contribution in [0.2, 0.25) is 0 Å². The summed E-state index contributed by atoms with van der Waals surface area (Å²) >= 11 is 0. The Labute approximate surface area is 115 Å². The summed E-state index contributed by atoms with van der Waals surface area (Å²) in [7, 11) is 0. The molecule has 1 aromatic heterocycles. The first kappa shape index (κ1) is 14.5. The van der Waals surface area contributed by atoms with Crippen LogP contribution in [0.1, 0.15) is 45.3 Å². The van der Waals surface area contributed by atoms with Crippen molar-refractivity contribution in [2.75, 3.05) is 13.2 Å². The number of nitrogens with zero attached hydrogens (tertiary/aromatic N) is 2. The largest absolute Gasteiger partial charge is 0.386 e. The van der Waals surface area contributed by atoms with Crippen molar-refractivity contribution in [2.45, 2.75) is 57.9 Å². The van der Waals surface area contributed by atoms with Crippen molar-refractivity contribution in [2.24, 2.45) is 0 Å². The minimum atomic E-state index is -0.737. The zero-order valence-electron chi connectivity index (χ0n) is 12.1. The fourth-order valence-electron chi connectivity index (χ4n) is 2.31. The van der Waals surface area contributed by atoms with Gasteiger partial charge in [0.25, 0.3) is 0 Å². The molecular weight excluding hydrogens is 242 g/mol. The van der Waals surface area contributed by atoms with Crippen LogP contribution < -0.4 is 5.32 Å². The maximum atomic E-state index is 10.4. The summed E-state index contributed by atoms with van der Waals surface area (Å²) in [6, 6.07) is 2.46. The molecule has 1 aromatic rings. The highest BCUT2D eigenvalue weighted by Crippen LogP contribution is 2.24. The maximum absolute atomic E-state index is 10.4. The summed E-state index contributed by atoms with van der Waals surface area (Å²) in [5.74, 6) is 0. The van der Waals surface area contributed by atoms with E-state index in [1.807, 2.05) is 23.9 Å². The second kappa shape index (κ2) is 6.03. The van der Waals surface area contributed by atoms with Crippen LogP contribution in [-0.2, 0) is 11.3 Å². The molecule has 2 heterocycles. The number of hydrogen-bond donors (Lipinski definition) is 2. The lowest BCUT2D eigenvalue weighted by molar-refractivity contribution is -0.0263. The van der Waals surface area contributed by atoms with Gasteiger partial charge in [-0.3, -0.25) is 4.68 Å². The molecule has 0 saturated carbocycles. The molecule has 0 radical (unpaired) electrons. The molecule has 0 spiro atoms. The van der Waals surface area contributed by atoms with Crippen molar-refractivity contribution < 1.29 is 9.84 Å². The van der Waals surface area contributed by atoms with E-state index in [2.05, 4.69) is 24.3 Å². The van der Waals surface area contributed by atoms with Crippen LogP contribution in [0, 0.1) is 0 Å². The highest BCUT2D eigenvalue weighted by molar-refractivity contribution is 5.00. The number of nitrogens with one attached hydrogen (secondary N) is 1. The van der Waals surface area contributed by atoms with Crippen molar-refractivity contribution >= 4 is 0 Å². The van der Waals surface area contributed by atoms with Gasteiger partial charge in [0.1, 0.15) is 5.60 Å². The monoisotopic (exact) mass is 267 g/mol. The molecular formula is C14H25N3O2. The van der Waals surface area contributed by atoms with E-state index in [-0.39, 0.29) is 6.10 Å². The summed E-state index contributed by atoms with van der Waals surface area (Å²) in [5, 5.41) is 18.2. The van der Waals surface area contributed by atoms with E-state index in [9.17, 15) is 5.11 Å². The molecule has 3 unspecified atom stereocenters. The second-order valence-electron chi connectivity index (χ2n) is 5.51. The molecule has 19 heavy (non-hydrogen) atoms. The SMILES string of the molecule is CCC(C)n1ccc(CNCC2(O)CCOC2C)n1. The molecule has 1 aliphatic heterocycles. The fourth-order valence-corrected chi connectivity index (χ4v) is 2.31. The molecule has 0 aliphatic carbocycles. The van der Waals surface area contributed by atoms with E-state index in [0.29, 0.717) is 32.2 Å². The van der Waals surface area contributed by atoms with Gasteiger partial charge in [0.2, 0.25) is 0 Å². The summed E-state index contributed by atoms with van der Waals surface area (Å²) in [5.41, 5.74) is 0.273. The van der Waals surface area contributed by atoms with Gasteiger partial charge in [0, 0.05) is 38.4 Å². The zero-order valence-corrected chi connectivity index (χ0v) is 12.1.